The highest BCUT2D eigenvalue weighted by molar-refractivity contribution is 5.16. The Morgan fingerprint density at radius 2 is 2.20 bits per heavy atom. The van der Waals surface area contributed by atoms with E-state index in [0.717, 1.165) is 24.1 Å². The maximum Gasteiger partial charge on any atom is 0.0741 e. The molecule has 1 rings (SSSR count). The fourth-order valence-electron chi connectivity index (χ4n) is 1.32. The van der Waals surface area contributed by atoms with Crippen molar-refractivity contribution in [3.05, 3.63) is 29.6 Å². The fourth-order valence-corrected chi connectivity index (χ4v) is 1.32. The molecule has 0 aromatic carbocycles. The van der Waals surface area contributed by atoms with E-state index in [2.05, 4.69) is 16.4 Å². The van der Waals surface area contributed by atoms with Crippen LogP contribution in [-0.4, -0.2) is 22.2 Å². The lowest BCUT2D eigenvalue weighted by Gasteiger charge is -2.21. The van der Waals surface area contributed by atoms with Crippen molar-refractivity contribution in [3.8, 4) is 0 Å². The third kappa shape index (κ3) is 4.40. The molecule has 3 nitrogen and oxygen atoms in total. The first-order chi connectivity index (χ1) is 7.03. The van der Waals surface area contributed by atoms with E-state index in [0.29, 0.717) is 6.54 Å². The van der Waals surface area contributed by atoms with Gasteiger partial charge in [-0.25, -0.2) is 0 Å². The highest BCUT2D eigenvalue weighted by atomic mass is 16.3. The molecule has 2 N–H and O–H groups in total. The summed E-state index contributed by atoms with van der Waals surface area (Å²) in [5, 5.41) is 13.0. The molecule has 84 valence electrons. The van der Waals surface area contributed by atoms with E-state index in [4.69, 9.17) is 0 Å². The second kappa shape index (κ2) is 5.24. The second-order valence-corrected chi connectivity index (χ2v) is 4.32. The van der Waals surface area contributed by atoms with Crippen molar-refractivity contribution in [2.24, 2.45) is 0 Å². The van der Waals surface area contributed by atoms with E-state index < -0.39 is 5.60 Å². The molecule has 1 unspecified atom stereocenters. The number of rotatable bonds is 5. The number of aliphatic hydroxyl groups is 1. The lowest BCUT2D eigenvalue weighted by molar-refractivity contribution is 0.0555. The van der Waals surface area contributed by atoms with Crippen LogP contribution in [0.2, 0.25) is 0 Å². The van der Waals surface area contributed by atoms with Crippen LogP contribution in [0.4, 0.5) is 0 Å². The Labute approximate surface area is 91.5 Å². The lowest BCUT2D eigenvalue weighted by atomic mass is 10.0. The molecule has 15 heavy (non-hydrogen) atoms. The molecule has 0 bridgehead atoms. The van der Waals surface area contributed by atoms with Crippen LogP contribution >= 0.6 is 0 Å². The van der Waals surface area contributed by atoms with E-state index in [1.165, 1.54) is 0 Å². The van der Waals surface area contributed by atoms with Gasteiger partial charge in [-0.2, -0.15) is 0 Å². The maximum atomic E-state index is 9.78. The Morgan fingerprint density at radius 3 is 2.80 bits per heavy atom. The fraction of sp³-hybridized carbons (Fsp3) is 0.583. The first-order valence-electron chi connectivity index (χ1n) is 5.37. The average Bonchev–Trinajstić information content (AvgIpc) is 2.18. The van der Waals surface area contributed by atoms with Gasteiger partial charge in [-0.3, -0.25) is 4.98 Å². The third-order valence-corrected chi connectivity index (χ3v) is 2.53. The summed E-state index contributed by atoms with van der Waals surface area (Å²) in [5.41, 5.74) is 1.70. The summed E-state index contributed by atoms with van der Waals surface area (Å²) in [5.74, 6) is 0. The standard InChI is InChI=1S/C12H20N2O/c1-4-12(3,15)9-14-8-11-5-10(2)6-13-7-11/h5-7,14-15H,4,8-9H2,1-3H3. The average molecular weight is 208 g/mol. The number of nitrogens with one attached hydrogen (secondary N) is 1. The molecule has 1 heterocycles. The molecule has 0 aliphatic carbocycles. The normalized spacial score (nSPS) is 14.9. The molecule has 1 aromatic rings. The minimum Gasteiger partial charge on any atom is -0.389 e. The molecule has 0 saturated carbocycles. The topological polar surface area (TPSA) is 45.1 Å². The summed E-state index contributed by atoms with van der Waals surface area (Å²) < 4.78 is 0. The molecule has 0 spiro atoms. The predicted octanol–water partition coefficient (Wildman–Crippen LogP) is 1.64. The molecule has 0 aliphatic rings. The highest BCUT2D eigenvalue weighted by Gasteiger charge is 2.16. The van der Waals surface area contributed by atoms with Gasteiger partial charge in [-0.15, -0.1) is 0 Å². The van der Waals surface area contributed by atoms with E-state index in [-0.39, 0.29) is 0 Å². The number of pyridine rings is 1. The van der Waals surface area contributed by atoms with Crippen molar-refractivity contribution in [2.75, 3.05) is 6.54 Å². The first-order valence-corrected chi connectivity index (χ1v) is 5.37. The molecular formula is C12H20N2O. The SMILES string of the molecule is CCC(C)(O)CNCc1cncc(C)c1. The Balaban J connectivity index is 2.38. The molecule has 0 radical (unpaired) electrons. The van der Waals surface area contributed by atoms with Crippen molar-refractivity contribution in [1.82, 2.24) is 10.3 Å². The summed E-state index contributed by atoms with van der Waals surface area (Å²) in [6, 6.07) is 2.10. The summed E-state index contributed by atoms with van der Waals surface area (Å²) in [7, 11) is 0. The van der Waals surface area contributed by atoms with Gasteiger partial charge in [0.1, 0.15) is 0 Å². The van der Waals surface area contributed by atoms with Gasteiger partial charge in [0.05, 0.1) is 5.60 Å². The van der Waals surface area contributed by atoms with E-state index >= 15 is 0 Å². The molecule has 0 saturated heterocycles. The molecule has 0 fully saturated rings. The van der Waals surface area contributed by atoms with Gasteiger partial charge in [0, 0.05) is 25.5 Å². The van der Waals surface area contributed by atoms with Crippen LogP contribution in [0.1, 0.15) is 31.4 Å². The van der Waals surface area contributed by atoms with Gasteiger partial charge in [-0.05, 0) is 31.4 Å². The smallest absolute Gasteiger partial charge is 0.0741 e. The van der Waals surface area contributed by atoms with Gasteiger partial charge >= 0.3 is 0 Å². The van der Waals surface area contributed by atoms with Crippen molar-refractivity contribution < 1.29 is 5.11 Å². The molecule has 0 aliphatic heterocycles. The molecule has 3 heteroatoms. The largest absolute Gasteiger partial charge is 0.389 e. The summed E-state index contributed by atoms with van der Waals surface area (Å²) in [6.07, 6.45) is 4.44. The zero-order valence-corrected chi connectivity index (χ0v) is 9.75. The number of aromatic nitrogens is 1. The van der Waals surface area contributed by atoms with Crippen LogP contribution in [0.25, 0.3) is 0 Å². The Hall–Kier alpha value is -0.930. The monoisotopic (exact) mass is 208 g/mol. The predicted molar refractivity (Wildman–Crippen MR) is 61.6 cm³/mol. The van der Waals surface area contributed by atoms with Crippen molar-refractivity contribution in [1.29, 1.82) is 0 Å². The van der Waals surface area contributed by atoms with Gasteiger partial charge in [0.15, 0.2) is 0 Å². The number of nitrogens with zero attached hydrogens (tertiary/aromatic N) is 1. The zero-order chi connectivity index (χ0) is 11.3. The van der Waals surface area contributed by atoms with E-state index in [9.17, 15) is 5.11 Å². The van der Waals surface area contributed by atoms with Crippen LogP contribution < -0.4 is 5.32 Å². The quantitative estimate of drug-likeness (QED) is 0.773. The van der Waals surface area contributed by atoms with E-state index in [1.807, 2.05) is 33.2 Å². The maximum absolute atomic E-state index is 9.78. The number of aryl methyl sites for hydroxylation is 1. The van der Waals surface area contributed by atoms with Gasteiger partial charge < -0.3 is 10.4 Å². The Bertz CT molecular complexity index is 310. The molecular weight excluding hydrogens is 188 g/mol. The Kier molecular flexibility index (Phi) is 4.24. The summed E-state index contributed by atoms with van der Waals surface area (Å²) >= 11 is 0. The van der Waals surface area contributed by atoms with Gasteiger partial charge in [-0.1, -0.05) is 13.0 Å². The second-order valence-electron chi connectivity index (χ2n) is 4.32. The first kappa shape index (κ1) is 12.1. The lowest BCUT2D eigenvalue weighted by Crippen LogP contribution is -2.36. The van der Waals surface area contributed by atoms with Crippen molar-refractivity contribution in [3.63, 3.8) is 0 Å². The van der Waals surface area contributed by atoms with Crippen LogP contribution in [0.15, 0.2) is 18.5 Å². The third-order valence-electron chi connectivity index (χ3n) is 2.53. The summed E-state index contributed by atoms with van der Waals surface area (Å²) in [4.78, 5) is 4.12. The Morgan fingerprint density at radius 1 is 1.47 bits per heavy atom. The van der Waals surface area contributed by atoms with E-state index in [1.54, 1.807) is 0 Å². The minimum atomic E-state index is -0.614. The highest BCUT2D eigenvalue weighted by Crippen LogP contribution is 2.07. The van der Waals surface area contributed by atoms with Crippen molar-refractivity contribution >= 4 is 0 Å². The molecule has 1 atom stereocenters. The van der Waals surface area contributed by atoms with Gasteiger partial charge in [0.2, 0.25) is 0 Å². The van der Waals surface area contributed by atoms with Crippen LogP contribution in [-0.2, 0) is 6.54 Å². The van der Waals surface area contributed by atoms with Crippen LogP contribution in [0.5, 0.6) is 0 Å². The number of hydrogen-bond donors (Lipinski definition) is 2. The molecule has 0 amide bonds. The number of hydrogen-bond acceptors (Lipinski definition) is 3. The zero-order valence-electron chi connectivity index (χ0n) is 9.75. The van der Waals surface area contributed by atoms with Gasteiger partial charge in [0.25, 0.3) is 0 Å². The summed E-state index contributed by atoms with van der Waals surface area (Å²) in [6.45, 7) is 7.21. The van der Waals surface area contributed by atoms with Crippen LogP contribution in [0, 0.1) is 6.92 Å². The molecule has 1 aromatic heterocycles. The minimum absolute atomic E-state index is 0.609. The van der Waals surface area contributed by atoms with Crippen LogP contribution in [0.3, 0.4) is 0 Å². The van der Waals surface area contributed by atoms with Crippen molar-refractivity contribution in [2.45, 2.75) is 39.3 Å².